The second kappa shape index (κ2) is 5.22. The van der Waals surface area contributed by atoms with E-state index in [4.69, 9.17) is 5.73 Å². The van der Waals surface area contributed by atoms with Crippen molar-refractivity contribution in [2.75, 3.05) is 5.73 Å². The first-order chi connectivity index (χ1) is 9.59. The monoisotopic (exact) mass is 281 g/mol. The number of nitrogen functional groups attached to an aromatic ring is 1. The van der Waals surface area contributed by atoms with Crippen LogP contribution in [-0.2, 0) is 10.8 Å². The molecule has 0 atom stereocenters. The van der Waals surface area contributed by atoms with Crippen LogP contribution in [0.25, 0.3) is 11.1 Å². The van der Waals surface area contributed by atoms with Gasteiger partial charge in [-0.05, 0) is 39.2 Å². The summed E-state index contributed by atoms with van der Waals surface area (Å²) in [5.41, 5.74) is 12.3. The van der Waals surface area contributed by atoms with Crippen molar-refractivity contribution in [1.29, 1.82) is 0 Å². The zero-order valence-corrected chi connectivity index (χ0v) is 14.1. The van der Waals surface area contributed by atoms with Gasteiger partial charge in [0.15, 0.2) is 0 Å². The first kappa shape index (κ1) is 15.6. The van der Waals surface area contributed by atoms with Crippen LogP contribution in [0, 0.1) is 0 Å². The molecule has 0 bridgehead atoms. The predicted molar refractivity (Wildman–Crippen MR) is 93.7 cm³/mol. The average Bonchev–Trinajstić information content (AvgIpc) is 2.36. The lowest BCUT2D eigenvalue weighted by atomic mass is 9.84. The normalized spacial score (nSPS) is 12.5. The Kier molecular flexibility index (Phi) is 3.88. The van der Waals surface area contributed by atoms with Crippen LogP contribution in [-0.4, -0.2) is 0 Å². The van der Waals surface area contributed by atoms with Crippen LogP contribution in [0.5, 0.6) is 0 Å². The van der Waals surface area contributed by atoms with Gasteiger partial charge < -0.3 is 5.73 Å². The molecule has 0 aliphatic rings. The molecular formula is C20H27N. The highest BCUT2D eigenvalue weighted by Crippen LogP contribution is 2.32. The van der Waals surface area contributed by atoms with Crippen molar-refractivity contribution in [2.45, 2.75) is 52.4 Å². The number of hydrogen-bond acceptors (Lipinski definition) is 1. The van der Waals surface area contributed by atoms with Crippen LogP contribution in [0.3, 0.4) is 0 Å². The lowest BCUT2D eigenvalue weighted by molar-refractivity contribution is 0.590. The number of hydrogen-bond donors (Lipinski definition) is 1. The smallest absolute Gasteiger partial charge is 0.0358 e. The quantitative estimate of drug-likeness (QED) is 0.683. The minimum atomic E-state index is 0.0820. The Hall–Kier alpha value is -1.76. The topological polar surface area (TPSA) is 26.0 Å². The standard InChI is InChI=1S/C20H27N/c1-19(2,3)16-10-7-14(8-11-16)15-9-12-17(18(21)13-15)20(4,5)6/h7-13H,21H2,1-6H3. The summed E-state index contributed by atoms with van der Waals surface area (Å²) < 4.78 is 0. The summed E-state index contributed by atoms with van der Waals surface area (Å²) in [5, 5.41) is 0. The van der Waals surface area contributed by atoms with Gasteiger partial charge in [0.2, 0.25) is 0 Å². The van der Waals surface area contributed by atoms with Crippen molar-refractivity contribution in [3.8, 4) is 11.1 Å². The molecule has 2 N–H and O–H groups in total. The van der Waals surface area contributed by atoms with Crippen LogP contribution in [0.2, 0.25) is 0 Å². The van der Waals surface area contributed by atoms with E-state index in [0.29, 0.717) is 0 Å². The van der Waals surface area contributed by atoms with E-state index < -0.39 is 0 Å². The molecule has 0 saturated carbocycles. The lowest BCUT2D eigenvalue weighted by Crippen LogP contribution is -2.13. The molecule has 0 fully saturated rings. The fourth-order valence-electron chi connectivity index (χ4n) is 2.59. The average molecular weight is 281 g/mol. The molecule has 1 heteroatoms. The largest absolute Gasteiger partial charge is 0.398 e. The summed E-state index contributed by atoms with van der Waals surface area (Å²) >= 11 is 0. The molecule has 1 nitrogen and oxygen atoms in total. The van der Waals surface area contributed by atoms with Gasteiger partial charge >= 0.3 is 0 Å². The van der Waals surface area contributed by atoms with E-state index in [9.17, 15) is 0 Å². The number of rotatable bonds is 1. The molecule has 2 rings (SSSR count). The molecule has 0 heterocycles. The SMILES string of the molecule is CC(C)(C)c1ccc(-c2ccc(C(C)(C)C)c(N)c2)cc1. The second-order valence-electron chi connectivity index (χ2n) is 7.88. The fourth-order valence-corrected chi connectivity index (χ4v) is 2.59. The first-order valence-corrected chi connectivity index (χ1v) is 7.60. The number of benzene rings is 2. The maximum Gasteiger partial charge on any atom is 0.0358 e. The predicted octanol–water partition coefficient (Wildman–Crippen LogP) is 5.53. The van der Waals surface area contributed by atoms with Gasteiger partial charge in [-0.1, -0.05) is 77.9 Å². The molecular weight excluding hydrogens is 254 g/mol. The fraction of sp³-hybridized carbons (Fsp3) is 0.400. The summed E-state index contributed by atoms with van der Waals surface area (Å²) in [6.07, 6.45) is 0. The number of nitrogens with two attached hydrogens (primary N) is 1. The summed E-state index contributed by atoms with van der Waals surface area (Å²) in [6.45, 7) is 13.3. The Morgan fingerprint density at radius 2 is 1.19 bits per heavy atom. The Labute approximate surface area is 129 Å². The van der Waals surface area contributed by atoms with E-state index in [0.717, 1.165) is 5.69 Å². The maximum absolute atomic E-state index is 6.24. The van der Waals surface area contributed by atoms with Gasteiger partial charge in [-0.3, -0.25) is 0 Å². The summed E-state index contributed by atoms with van der Waals surface area (Å²) in [5.74, 6) is 0. The summed E-state index contributed by atoms with van der Waals surface area (Å²) in [4.78, 5) is 0. The van der Waals surface area contributed by atoms with Gasteiger partial charge in [0, 0.05) is 5.69 Å². The van der Waals surface area contributed by atoms with Gasteiger partial charge in [-0.15, -0.1) is 0 Å². The first-order valence-electron chi connectivity index (χ1n) is 7.60. The van der Waals surface area contributed by atoms with Crippen molar-refractivity contribution in [2.24, 2.45) is 0 Å². The highest BCUT2D eigenvalue weighted by Gasteiger charge is 2.17. The zero-order chi connectivity index (χ0) is 15.8. The molecule has 0 radical (unpaired) electrons. The van der Waals surface area contributed by atoms with Crippen molar-refractivity contribution in [3.05, 3.63) is 53.6 Å². The van der Waals surface area contributed by atoms with E-state index >= 15 is 0 Å². The summed E-state index contributed by atoms with van der Waals surface area (Å²) in [6, 6.07) is 15.2. The third kappa shape index (κ3) is 3.47. The van der Waals surface area contributed by atoms with Crippen LogP contribution >= 0.6 is 0 Å². The molecule has 0 aliphatic carbocycles. The van der Waals surface area contributed by atoms with Crippen LogP contribution < -0.4 is 5.73 Å². The van der Waals surface area contributed by atoms with Crippen LogP contribution in [0.15, 0.2) is 42.5 Å². The highest BCUT2D eigenvalue weighted by atomic mass is 14.6. The third-order valence-electron chi connectivity index (χ3n) is 3.94. The molecule has 21 heavy (non-hydrogen) atoms. The Balaban J connectivity index is 2.37. The van der Waals surface area contributed by atoms with Crippen molar-refractivity contribution in [1.82, 2.24) is 0 Å². The molecule has 112 valence electrons. The molecule has 2 aromatic carbocycles. The zero-order valence-electron chi connectivity index (χ0n) is 14.1. The van der Waals surface area contributed by atoms with Gasteiger partial charge in [0.1, 0.15) is 0 Å². The van der Waals surface area contributed by atoms with Crippen molar-refractivity contribution < 1.29 is 0 Å². The van der Waals surface area contributed by atoms with Crippen LogP contribution in [0.4, 0.5) is 5.69 Å². The summed E-state index contributed by atoms with van der Waals surface area (Å²) in [7, 11) is 0. The maximum atomic E-state index is 6.24. The van der Waals surface area contributed by atoms with Crippen molar-refractivity contribution in [3.63, 3.8) is 0 Å². The van der Waals surface area contributed by atoms with Gasteiger partial charge in [0.05, 0.1) is 0 Å². The third-order valence-corrected chi connectivity index (χ3v) is 3.94. The van der Waals surface area contributed by atoms with E-state index in [1.54, 1.807) is 0 Å². The molecule has 0 spiro atoms. The highest BCUT2D eigenvalue weighted by molar-refractivity contribution is 5.70. The van der Waals surface area contributed by atoms with E-state index in [2.05, 4.69) is 84.0 Å². The second-order valence-corrected chi connectivity index (χ2v) is 7.88. The minimum Gasteiger partial charge on any atom is -0.398 e. The van der Waals surface area contributed by atoms with Crippen molar-refractivity contribution >= 4 is 5.69 Å². The van der Waals surface area contributed by atoms with E-state index in [-0.39, 0.29) is 10.8 Å². The lowest BCUT2D eigenvalue weighted by Gasteiger charge is -2.22. The number of anilines is 1. The van der Waals surface area contributed by atoms with Crippen LogP contribution in [0.1, 0.15) is 52.7 Å². The molecule has 0 aliphatic heterocycles. The Morgan fingerprint density at radius 3 is 1.62 bits per heavy atom. The van der Waals surface area contributed by atoms with E-state index in [1.165, 1.54) is 22.3 Å². The molecule has 2 aromatic rings. The Morgan fingerprint density at radius 1 is 0.667 bits per heavy atom. The van der Waals surface area contributed by atoms with Gasteiger partial charge in [-0.25, -0.2) is 0 Å². The molecule has 0 saturated heterocycles. The molecule has 0 aromatic heterocycles. The van der Waals surface area contributed by atoms with E-state index in [1.807, 2.05) is 0 Å². The molecule has 0 amide bonds. The van der Waals surface area contributed by atoms with Gasteiger partial charge in [0.25, 0.3) is 0 Å². The minimum absolute atomic E-state index is 0.0820. The van der Waals surface area contributed by atoms with Gasteiger partial charge in [-0.2, -0.15) is 0 Å². The molecule has 0 unspecified atom stereocenters. The Bertz CT molecular complexity index is 622.